The molecule has 9 nitrogen and oxygen atoms in total. The molecule has 0 saturated carbocycles. The van der Waals surface area contributed by atoms with Crippen LogP contribution in [0.25, 0.3) is 10.6 Å². The number of amides is 1. The van der Waals surface area contributed by atoms with Gasteiger partial charge in [-0.05, 0) is 61.0 Å². The summed E-state index contributed by atoms with van der Waals surface area (Å²) < 4.78 is 39.3. The zero-order valence-corrected chi connectivity index (χ0v) is 21.0. The second-order valence-corrected chi connectivity index (χ2v) is 10.9. The van der Waals surface area contributed by atoms with Crippen molar-refractivity contribution in [3.05, 3.63) is 78.4 Å². The van der Waals surface area contributed by atoms with Crippen LogP contribution in [0, 0.1) is 6.92 Å². The number of hydrogen-bond donors (Lipinski definition) is 1. The van der Waals surface area contributed by atoms with Crippen LogP contribution in [0.15, 0.2) is 77.7 Å². The molecule has 184 valence electrons. The zero-order valence-electron chi connectivity index (χ0n) is 19.4. The number of methoxy groups -OCH3 is 1. The lowest BCUT2D eigenvalue weighted by Crippen LogP contribution is -2.48. The number of carbonyl (C=O) groups is 1. The molecule has 0 aliphatic carbocycles. The molecule has 3 aromatic carbocycles. The summed E-state index contributed by atoms with van der Waals surface area (Å²) in [6.07, 6.45) is -1.09. The predicted molar refractivity (Wildman–Crippen MR) is 137 cm³/mol. The van der Waals surface area contributed by atoms with Gasteiger partial charge in [-0.15, -0.1) is 10.2 Å². The van der Waals surface area contributed by atoms with E-state index in [2.05, 4.69) is 15.5 Å². The lowest BCUT2D eigenvalue weighted by Gasteiger charge is -2.34. The standard InChI is InChI=1S/C25H22N4O5S2/c1-16-8-13-21-20(14-16)29(36(31,32)19-6-4-3-5-7-19)15-22(34-21)23(30)26-25-28-27-24(35-25)17-9-11-18(33-2)12-10-17/h3-14,22H,15H2,1-2H3,(H,26,28,30)/t22-/m1/s1. The van der Waals surface area contributed by atoms with Crippen LogP contribution in [-0.4, -0.2) is 44.3 Å². The average molecular weight is 523 g/mol. The smallest absolute Gasteiger partial charge is 0.269 e. The van der Waals surface area contributed by atoms with Crippen molar-refractivity contribution in [2.45, 2.75) is 17.9 Å². The normalized spacial score (nSPS) is 15.1. The summed E-state index contributed by atoms with van der Waals surface area (Å²) in [7, 11) is -2.34. The number of anilines is 2. The second kappa shape index (κ2) is 9.59. The number of carbonyl (C=O) groups excluding carboxylic acids is 1. The number of benzene rings is 3. The van der Waals surface area contributed by atoms with Crippen LogP contribution < -0.4 is 19.1 Å². The van der Waals surface area contributed by atoms with Crippen LogP contribution in [0.5, 0.6) is 11.5 Å². The van der Waals surface area contributed by atoms with Crippen molar-refractivity contribution in [3.63, 3.8) is 0 Å². The molecular weight excluding hydrogens is 500 g/mol. The van der Waals surface area contributed by atoms with E-state index in [9.17, 15) is 13.2 Å². The van der Waals surface area contributed by atoms with Gasteiger partial charge in [0.25, 0.3) is 15.9 Å². The quantitative estimate of drug-likeness (QED) is 0.406. The molecule has 1 aliphatic heterocycles. The molecule has 0 bridgehead atoms. The van der Waals surface area contributed by atoms with Gasteiger partial charge in [-0.25, -0.2) is 8.42 Å². The van der Waals surface area contributed by atoms with E-state index in [0.717, 1.165) is 16.9 Å². The minimum Gasteiger partial charge on any atom is -0.497 e. The largest absolute Gasteiger partial charge is 0.497 e. The van der Waals surface area contributed by atoms with Crippen LogP contribution >= 0.6 is 11.3 Å². The number of nitrogens with one attached hydrogen (secondary N) is 1. The van der Waals surface area contributed by atoms with Gasteiger partial charge >= 0.3 is 0 Å². The van der Waals surface area contributed by atoms with Gasteiger partial charge in [-0.3, -0.25) is 14.4 Å². The SMILES string of the molecule is COc1ccc(-c2nnc(NC(=O)[C@H]3CN(S(=O)(=O)c4ccccc4)c4cc(C)ccc4O3)s2)cc1. The average Bonchev–Trinajstić information content (AvgIpc) is 3.37. The van der Waals surface area contributed by atoms with E-state index in [-0.39, 0.29) is 16.6 Å². The van der Waals surface area contributed by atoms with Crippen LogP contribution in [0.4, 0.5) is 10.8 Å². The molecular formula is C25H22N4O5S2. The van der Waals surface area contributed by atoms with E-state index >= 15 is 0 Å². The number of nitrogens with zero attached hydrogens (tertiary/aromatic N) is 3. The third-order valence-corrected chi connectivity index (χ3v) is 8.28. The highest BCUT2D eigenvalue weighted by molar-refractivity contribution is 7.92. The summed E-state index contributed by atoms with van der Waals surface area (Å²) >= 11 is 1.20. The molecule has 1 atom stereocenters. The number of fused-ring (bicyclic) bond motifs is 1. The van der Waals surface area contributed by atoms with Crippen molar-refractivity contribution in [2.24, 2.45) is 0 Å². The molecule has 1 aromatic heterocycles. The van der Waals surface area contributed by atoms with Crippen LogP contribution in [0.3, 0.4) is 0 Å². The van der Waals surface area contributed by atoms with Gasteiger partial charge in [-0.2, -0.15) is 0 Å². The Morgan fingerprint density at radius 1 is 1.08 bits per heavy atom. The Kier molecular flexibility index (Phi) is 6.33. The van der Waals surface area contributed by atoms with Crippen molar-refractivity contribution in [1.82, 2.24) is 10.2 Å². The Hall–Kier alpha value is -3.96. The van der Waals surface area contributed by atoms with E-state index in [4.69, 9.17) is 9.47 Å². The zero-order chi connectivity index (χ0) is 25.3. The molecule has 2 heterocycles. The maximum atomic E-state index is 13.5. The van der Waals surface area contributed by atoms with Crippen molar-refractivity contribution in [1.29, 1.82) is 0 Å². The lowest BCUT2D eigenvalue weighted by atomic mass is 10.1. The number of aromatic nitrogens is 2. The van der Waals surface area contributed by atoms with Crippen LogP contribution in [0.1, 0.15) is 5.56 Å². The van der Waals surface area contributed by atoms with E-state index in [1.165, 1.54) is 27.8 Å². The molecule has 0 saturated heterocycles. The molecule has 0 spiro atoms. The van der Waals surface area contributed by atoms with Gasteiger partial charge in [0.2, 0.25) is 5.13 Å². The van der Waals surface area contributed by atoms with Gasteiger partial charge < -0.3 is 9.47 Å². The Bertz CT molecular complexity index is 1510. The Labute approximate surface area is 212 Å². The van der Waals surface area contributed by atoms with Crippen LogP contribution in [0.2, 0.25) is 0 Å². The molecule has 1 aliphatic rings. The monoisotopic (exact) mass is 522 g/mol. The van der Waals surface area contributed by atoms with E-state index in [1.54, 1.807) is 43.5 Å². The molecule has 4 aromatic rings. The van der Waals surface area contributed by atoms with Crippen molar-refractivity contribution in [2.75, 3.05) is 23.3 Å². The first kappa shape index (κ1) is 23.8. The number of sulfonamides is 1. The summed E-state index contributed by atoms with van der Waals surface area (Å²) in [6, 6.07) is 20.6. The third-order valence-electron chi connectivity index (χ3n) is 5.60. The minimum absolute atomic E-state index is 0.131. The first-order valence-electron chi connectivity index (χ1n) is 11.0. The van der Waals surface area contributed by atoms with E-state index in [1.807, 2.05) is 31.2 Å². The maximum absolute atomic E-state index is 13.5. The van der Waals surface area contributed by atoms with Crippen molar-refractivity contribution < 1.29 is 22.7 Å². The van der Waals surface area contributed by atoms with Gasteiger partial charge in [0.1, 0.15) is 16.5 Å². The third kappa shape index (κ3) is 4.62. The molecule has 1 amide bonds. The topological polar surface area (TPSA) is 111 Å². The summed E-state index contributed by atoms with van der Waals surface area (Å²) in [5.74, 6) is 0.506. The molecule has 11 heteroatoms. The second-order valence-electron chi connectivity index (χ2n) is 8.06. The highest BCUT2D eigenvalue weighted by Gasteiger charge is 2.38. The Balaban J connectivity index is 1.40. The Morgan fingerprint density at radius 2 is 1.83 bits per heavy atom. The molecule has 0 radical (unpaired) electrons. The summed E-state index contributed by atoms with van der Waals surface area (Å²) in [6.45, 7) is 1.67. The number of hydrogen-bond acceptors (Lipinski definition) is 8. The fourth-order valence-electron chi connectivity index (χ4n) is 3.76. The summed E-state index contributed by atoms with van der Waals surface area (Å²) in [5.41, 5.74) is 2.08. The number of rotatable bonds is 6. The molecule has 1 N–H and O–H groups in total. The van der Waals surface area contributed by atoms with E-state index in [0.29, 0.717) is 16.4 Å². The van der Waals surface area contributed by atoms with Crippen molar-refractivity contribution in [3.8, 4) is 22.1 Å². The van der Waals surface area contributed by atoms with Crippen LogP contribution in [-0.2, 0) is 14.8 Å². The van der Waals surface area contributed by atoms with Gasteiger partial charge in [0.15, 0.2) is 6.10 Å². The molecule has 36 heavy (non-hydrogen) atoms. The fraction of sp³-hybridized carbons (Fsp3) is 0.160. The first-order chi connectivity index (χ1) is 17.3. The Morgan fingerprint density at radius 3 is 2.56 bits per heavy atom. The van der Waals surface area contributed by atoms with Gasteiger partial charge in [0, 0.05) is 5.56 Å². The highest BCUT2D eigenvalue weighted by Crippen LogP contribution is 2.38. The minimum atomic E-state index is -3.93. The predicted octanol–water partition coefficient (Wildman–Crippen LogP) is 4.12. The summed E-state index contributed by atoms with van der Waals surface area (Å²) in [5, 5.41) is 11.8. The number of aryl methyl sites for hydroxylation is 1. The maximum Gasteiger partial charge on any atom is 0.269 e. The molecule has 0 fully saturated rings. The first-order valence-corrected chi connectivity index (χ1v) is 13.2. The van der Waals surface area contributed by atoms with Crippen molar-refractivity contribution >= 4 is 38.1 Å². The molecule has 5 rings (SSSR count). The highest BCUT2D eigenvalue weighted by atomic mass is 32.2. The summed E-state index contributed by atoms with van der Waals surface area (Å²) in [4.78, 5) is 13.3. The van der Waals surface area contributed by atoms with E-state index < -0.39 is 22.0 Å². The molecule has 0 unspecified atom stereocenters. The fourth-order valence-corrected chi connectivity index (χ4v) is 6.00. The number of ether oxygens (including phenoxy) is 2. The lowest BCUT2D eigenvalue weighted by molar-refractivity contribution is -0.122. The van der Waals surface area contributed by atoms with Gasteiger partial charge in [0.05, 0.1) is 24.2 Å². The van der Waals surface area contributed by atoms with Gasteiger partial charge in [-0.1, -0.05) is 35.6 Å².